The molecule has 0 spiro atoms. The molecule has 9 heteroatoms. The normalized spacial score (nSPS) is 14.7. The number of carboxylic acid groups (broad SMARTS) is 1. The zero-order valence-corrected chi connectivity index (χ0v) is 21.0. The van der Waals surface area contributed by atoms with Gasteiger partial charge in [-0.15, -0.1) is 0 Å². The molecule has 1 saturated heterocycles. The molecule has 39 heavy (non-hydrogen) atoms. The van der Waals surface area contributed by atoms with Crippen LogP contribution < -0.4 is 4.74 Å². The van der Waals surface area contributed by atoms with E-state index in [1.54, 1.807) is 54.9 Å². The summed E-state index contributed by atoms with van der Waals surface area (Å²) in [7, 11) is 0. The topological polar surface area (TPSA) is 99.4 Å². The fraction of sp³-hybridized carbons (Fsp3) is 0.200. The van der Waals surface area contributed by atoms with Crippen LogP contribution in [0.2, 0.25) is 0 Å². The van der Waals surface area contributed by atoms with Crippen molar-refractivity contribution in [1.29, 1.82) is 0 Å². The fourth-order valence-electron chi connectivity index (χ4n) is 4.62. The Bertz CT molecular complexity index is 1650. The van der Waals surface area contributed by atoms with Gasteiger partial charge in [0.15, 0.2) is 0 Å². The van der Waals surface area contributed by atoms with Crippen molar-refractivity contribution < 1.29 is 23.8 Å². The van der Waals surface area contributed by atoms with Gasteiger partial charge < -0.3 is 19.1 Å². The van der Waals surface area contributed by atoms with Crippen LogP contribution in [0, 0.1) is 5.82 Å². The van der Waals surface area contributed by atoms with Crippen LogP contribution >= 0.6 is 0 Å². The van der Waals surface area contributed by atoms with Crippen LogP contribution in [0.25, 0.3) is 22.3 Å². The van der Waals surface area contributed by atoms with Crippen LogP contribution in [0.3, 0.4) is 0 Å². The highest BCUT2D eigenvalue weighted by atomic mass is 19.1. The maximum atomic E-state index is 15.3. The molecule has 196 valence electrons. The molecule has 4 heterocycles. The number of nitrogens with zero attached hydrogens (tertiary/aromatic N) is 4. The van der Waals surface area contributed by atoms with E-state index >= 15 is 4.39 Å². The summed E-state index contributed by atoms with van der Waals surface area (Å²) in [5.41, 5.74) is 4.16. The van der Waals surface area contributed by atoms with E-state index in [0.717, 1.165) is 28.9 Å². The van der Waals surface area contributed by atoms with E-state index in [0.29, 0.717) is 48.8 Å². The number of pyridine rings is 2. The third-order valence-electron chi connectivity index (χ3n) is 6.79. The summed E-state index contributed by atoms with van der Waals surface area (Å²) in [5, 5.41) is 9.45. The van der Waals surface area contributed by atoms with Crippen molar-refractivity contribution in [2.75, 3.05) is 6.61 Å². The van der Waals surface area contributed by atoms with Gasteiger partial charge in [-0.05, 0) is 66.1 Å². The van der Waals surface area contributed by atoms with Gasteiger partial charge in [0, 0.05) is 37.1 Å². The molecule has 1 atom stereocenters. The number of benzene rings is 2. The minimum atomic E-state index is -0.996. The number of carboxylic acids is 1. The SMILES string of the molecule is O=C(O)c1ccc2nc(Cc3ccc(-c4cccc(OCc5ccncc5)n4)c(F)c3)n(C[C@@H]3CCO3)c2c1. The lowest BCUT2D eigenvalue weighted by Gasteiger charge is -2.27. The van der Waals surface area contributed by atoms with Gasteiger partial charge in [-0.1, -0.05) is 12.1 Å². The van der Waals surface area contributed by atoms with Crippen LogP contribution in [0.15, 0.2) is 79.1 Å². The highest BCUT2D eigenvalue weighted by Gasteiger charge is 2.23. The predicted octanol–water partition coefficient (Wildman–Crippen LogP) is 5.29. The van der Waals surface area contributed by atoms with E-state index in [1.807, 2.05) is 22.8 Å². The zero-order valence-electron chi connectivity index (χ0n) is 21.0. The first-order chi connectivity index (χ1) is 19.0. The Morgan fingerprint density at radius 3 is 2.64 bits per heavy atom. The lowest BCUT2D eigenvalue weighted by molar-refractivity contribution is -0.0589. The van der Waals surface area contributed by atoms with Gasteiger partial charge in [-0.25, -0.2) is 19.2 Å². The number of fused-ring (bicyclic) bond motifs is 1. The van der Waals surface area contributed by atoms with Crippen LogP contribution in [0.5, 0.6) is 5.88 Å². The lowest BCUT2D eigenvalue weighted by atomic mass is 10.1. The van der Waals surface area contributed by atoms with Gasteiger partial charge in [0.1, 0.15) is 18.2 Å². The van der Waals surface area contributed by atoms with Gasteiger partial charge >= 0.3 is 5.97 Å². The summed E-state index contributed by atoms with van der Waals surface area (Å²) in [4.78, 5) is 24.8. The third kappa shape index (κ3) is 5.35. The molecule has 6 rings (SSSR count). The molecule has 0 bridgehead atoms. The molecule has 0 amide bonds. The number of imidazole rings is 1. The second-order valence-corrected chi connectivity index (χ2v) is 9.42. The van der Waals surface area contributed by atoms with E-state index in [2.05, 4.69) is 9.97 Å². The Balaban J connectivity index is 1.25. The highest BCUT2D eigenvalue weighted by molar-refractivity contribution is 5.92. The van der Waals surface area contributed by atoms with E-state index in [1.165, 1.54) is 6.07 Å². The van der Waals surface area contributed by atoms with Crippen LogP contribution in [-0.4, -0.2) is 43.3 Å². The molecule has 5 aromatic rings. The maximum absolute atomic E-state index is 15.3. The number of aromatic carboxylic acids is 1. The fourth-order valence-corrected chi connectivity index (χ4v) is 4.62. The number of hydrogen-bond acceptors (Lipinski definition) is 6. The number of hydrogen-bond donors (Lipinski definition) is 1. The second-order valence-electron chi connectivity index (χ2n) is 9.42. The number of halogens is 1. The summed E-state index contributed by atoms with van der Waals surface area (Å²) in [6.07, 6.45) is 4.75. The summed E-state index contributed by atoms with van der Waals surface area (Å²) in [5.74, 6) is -0.270. The van der Waals surface area contributed by atoms with Crippen molar-refractivity contribution in [3.8, 4) is 17.1 Å². The van der Waals surface area contributed by atoms with Crippen molar-refractivity contribution >= 4 is 17.0 Å². The number of rotatable bonds is 9. The Hall–Kier alpha value is -4.63. The second kappa shape index (κ2) is 10.6. The quantitative estimate of drug-likeness (QED) is 0.280. The summed E-state index contributed by atoms with van der Waals surface area (Å²) in [6, 6.07) is 18.9. The van der Waals surface area contributed by atoms with Gasteiger partial charge in [0.2, 0.25) is 5.88 Å². The molecule has 0 aliphatic carbocycles. The van der Waals surface area contributed by atoms with Gasteiger partial charge in [-0.3, -0.25) is 4.98 Å². The predicted molar refractivity (Wildman–Crippen MR) is 142 cm³/mol. The van der Waals surface area contributed by atoms with Gasteiger partial charge in [0.25, 0.3) is 0 Å². The third-order valence-corrected chi connectivity index (χ3v) is 6.79. The molecule has 0 unspecified atom stereocenters. The number of carbonyl (C=O) groups is 1. The Morgan fingerprint density at radius 2 is 1.90 bits per heavy atom. The molecule has 1 aliphatic rings. The van der Waals surface area contributed by atoms with Crippen molar-refractivity contribution in [3.05, 3.63) is 107 Å². The van der Waals surface area contributed by atoms with E-state index in [-0.39, 0.29) is 11.7 Å². The van der Waals surface area contributed by atoms with E-state index in [9.17, 15) is 9.90 Å². The minimum Gasteiger partial charge on any atom is -0.478 e. The van der Waals surface area contributed by atoms with Crippen LogP contribution in [-0.2, 0) is 24.3 Å². The van der Waals surface area contributed by atoms with Crippen LogP contribution in [0.4, 0.5) is 4.39 Å². The van der Waals surface area contributed by atoms with Crippen molar-refractivity contribution in [2.45, 2.75) is 32.1 Å². The summed E-state index contributed by atoms with van der Waals surface area (Å²) in [6.45, 7) is 1.61. The van der Waals surface area contributed by atoms with Crippen molar-refractivity contribution in [1.82, 2.24) is 19.5 Å². The average molecular weight is 525 g/mol. The average Bonchev–Trinajstić information content (AvgIpc) is 3.26. The highest BCUT2D eigenvalue weighted by Crippen LogP contribution is 2.27. The van der Waals surface area contributed by atoms with Gasteiger partial charge in [-0.2, -0.15) is 0 Å². The summed E-state index contributed by atoms with van der Waals surface area (Å²) >= 11 is 0. The molecule has 8 nitrogen and oxygen atoms in total. The molecule has 1 N–H and O–H groups in total. The van der Waals surface area contributed by atoms with E-state index in [4.69, 9.17) is 14.5 Å². The largest absolute Gasteiger partial charge is 0.478 e. The molecular weight excluding hydrogens is 499 g/mol. The number of ether oxygens (including phenoxy) is 2. The Labute approximate surface area is 223 Å². The zero-order chi connectivity index (χ0) is 26.8. The monoisotopic (exact) mass is 524 g/mol. The molecule has 0 saturated carbocycles. The smallest absolute Gasteiger partial charge is 0.335 e. The maximum Gasteiger partial charge on any atom is 0.335 e. The molecule has 0 radical (unpaired) electrons. The Morgan fingerprint density at radius 1 is 1.05 bits per heavy atom. The van der Waals surface area contributed by atoms with E-state index < -0.39 is 11.8 Å². The first-order valence-electron chi connectivity index (χ1n) is 12.6. The lowest BCUT2D eigenvalue weighted by Crippen LogP contribution is -2.31. The van der Waals surface area contributed by atoms with Crippen LogP contribution in [0.1, 0.15) is 33.7 Å². The Kier molecular flexibility index (Phi) is 6.73. The summed E-state index contributed by atoms with van der Waals surface area (Å²) < 4.78 is 28.7. The minimum absolute atomic E-state index is 0.0490. The first kappa shape index (κ1) is 24.7. The molecule has 1 aliphatic heterocycles. The standard InChI is InChI=1S/C30H25FN4O4/c31-24-14-20(4-6-23(24)25-2-1-3-29(34-25)39-18-19-8-11-32-12-9-19)15-28-33-26-7-5-21(30(36)37)16-27(26)35(28)17-22-10-13-38-22/h1-9,11-12,14,16,22H,10,13,15,17-18H2,(H,36,37)/t22-/m0/s1. The molecular formula is C30H25FN4O4. The molecule has 1 fully saturated rings. The number of aromatic nitrogens is 4. The van der Waals surface area contributed by atoms with Crippen molar-refractivity contribution in [2.24, 2.45) is 0 Å². The first-order valence-corrected chi connectivity index (χ1v) is 12.6. The molecule has 2 aromatic carbocycles. The van der Waals surface area contributed by atoms with Crippen molar-refractivity contribution in [3.63, 3.8) is 0 Å². The molecule has 3 aromatic heterocycles. The van der Waals surface area contributed by atoms with Gasteiger partial charge in [0.05, 0.1) is 34.9 Å².